The Kier molecular flexibility index (Phi) is 47.0. The lowest BCUT2D eigenvalue weighted by atomic mass is 9.99. The van der Waals surface area contributed by atoms with Gasteiger partial charge in [-0.05, 0) is 70.6 Å². The lowest BCUT2D eigenvalue weighted by Crippen LogP contribution is -2.61. The van der Waals surface area contributed by atoms with E-state index >= 15 is 0 Å². The summed E-state index contributed by atoms with van der Waals surface area (Å²) in [5, 5.41) is 56.7. The predicted octanol–water partition coefficient (Wildman–Crippen LogP) is 13.8. The van der Waals surface area contributed by atoms with Crippen LogP contribution in [0.4, 0.5) is 0 Å². The highest BCUT2D eigenvalue weighted by molar-refractivity contribution is 5.81. The summed E-state index contributed by atoms with van der Waals surface area (Å²) in [6.45, 7) is 5.70. The van der Waals surface area contributed by atoms with Crippen molar-refractivity contribution in [1.82, 2.24) is 5.32 Å². The van der Waals surface area contributed by atoms with Crippen molar-refractivity contribution in [3.05, 3.63) is 60.8 Å². The third-order valence-corrected chi connectivity index (χ3v) is 13.9. The van der Waals surface area contributed by atoms with Crippen molar-refractivity contribution >= 4 is 11.9 Å². The zero-order chi connectivity index (χ0) is 53.3. The molecule has 0 aromatic rings. The molecule has 6 N–H and O–H groups in total. The molecule has 0 saturated carbocycles. The number of nitrogens with one attached hydrogen (secondary N) is 1. The van der Waals surface area contributed by atoms with E-state index in [9.17, 15) is 35.1 Å². The van der Waals surface area contributed by atoms with Gasteiger partial charge < -0.3 is 45.1 Å². The maximum absolute atomic E-state index is 13.3. The van der Waals surface area contributed by atoms with E-state index in [0.717, 1.165) is 57.8 Å². The highest BCUT2D eigenvalue weighted by Crippen LogP contribution is 2.26. The lowest BCUT2D eigenvalue weighted by molar-refractivity contribution is -0.305. The zero-order valence-electron chi connectivity index (χ0n) is 46.7. The van der Waals surface area contributed by atoms with E-state index in [2.05, 4.69) is 62.5 Å². The maximum atomic E-state index is 13.3. The quantitative estimate of drug-likeness (QED) is 0.0195. The summed E-state index contributed by atoms with van der Waals surface area (Å²) in [4.78, 5) is 26.4. The van der Waals surface area contributed by atoms with Crippen molar-refractivity contribution in [2.75, 3.05) is 13.2 Å². The van der Waals surface area contributed by atoms with Crippen LogP contribution in [0, 0.1) is 0 Å². The molecule has 424 valence electrons. The average molecular weight is 1030 g/mol. The van der Waals surface area contributed by atoms with Gasteiger partial charge in [-0.2, -0.15) is 0 Å². The Hall–Kier alpha value is -2.64. The molecule has 0 aromatic heterocycles. The Morgan fingerprint density at radius 3 is 1.42 bits per heavy atom. The van der Waals surface area contributed by atoms with Gasteiger partial charge in [0.15, 0.2) is 12.4 Å². The van der Waals surface area contributed by atoms with Crippen LogP contribution >= 0.6 is 0 Å². The van der Waals surface area contributed by atoms with Gasteiger partial charge in [0.1, 0.15) is 24.4 Å². The van der Waals surface area contributed by atoms with Crippen molar-refractivity contribution < 1.29 is 49.3 Å². The van der Waals surface area contributed by atoms with Gasteiger partial charge in [0.25, 0.3) is 0 Å². The minimum absolute atomic E-state index is 0.0814. The fraction of sp³-hybridized carbons (Fsp3) is 0.806. The number of ether oxygens (including phenoxy) is 3. The fourth-order valence-electron chi connectivity index (χ4n) is 9.08. The van der Waals surface area contributed by atoms with Crippen LogP contribution in [0.15, 0.2) is 60.8 Å². The minimum atomic E-state index is -1.62. The summed E-state index contributed by atoms with van der Waals surface area (Å²) in [5.41, 5.74) is 0. The highest BCUT2D eigenvalue weighted by atomic mass is 16.7. The molecule has 0 spiro atoms. The van der Waals surface area contributed by atoms with E-state index in [0.29, 0.717) is 12.8 Å². The number of carbonyl (C=O) groups excluding carboxylic acids is 2. The highest BCUT2D eigenvalue weighted by Gasteiger charge is 2.47. The first-order valence-electron chi connectivity index (χ1n) is 30.1. The summed E-state index contributed by atoms with van der Waals surface area (Å²) < 4.78 is 17.6. The molecule has 0 bridgehead atoms. The second-order valence-electron chi connectivity index (χ2n) is 20.7. The normalized spacial score (nSPS) is 19.8. The summed E-state index contributed by atoms with van der Waals surface area (Å²) in [6.07, 6.45) is 51.5. The molecule has 73 heavy (non-hydrogen) atoms. The van der Waals surface area contributed by atoms with Gasteiger partial charge in [-0.25, -0.2) is 0 Å². The smallest absolute Gasteiger partial charge is 0.306 e. The van der Waals surface area contributed by atoms with Crippen molar-refractivity contribution in [3.63, 3.8) is 0 Å². The molecule has 8 atom stereocenters. The standard InChI is InChI=1S/C62H111NO10/c1-4-7-10-13-16-19-22-24-25-26-27-28-29-30-31-32-35-38-41-44-47-50-57(67)73-60-59(69)58(68)56(51-64)72-62(60)71-52-53(54(65)48-45-42-39-36-33-21-18-15-12-9-6-3)63-61(70)55(66)49-46-43-40-37-34-23-20-17-14-11-8-5-2/h16,19,24-25,34,37,43,45-46,48,53-56,58-60,62,64-66,68-69H,4-15,17-18,20-23,26-33,35-36,38-42,44,47,49-52H2,1-3H3,(H,63,70)/b19-16-,25-24-,37-34-,46-43+,48-45+. The van der Waals surface area contributed by atoms with Gasteiger partial charge in [-0.3, -0.25) is 9.59 Å². The Balaban J connectivity index is 2.67. The SMILES string of the molecule is CCCCC/C=C\C/C=C\CCCCCCCCCCCCCC(=O)OC1C(OCC(NC(=O)C(O)C/C=C/C/C=C\CCCCCCCC)C(O)/C=C/CCCCCCCCCCC)OC(CO)C(O)C1O. The first-order chi connectivity index (χ1) is 35.7. The van der Waals surface area contributed by atoms with E-state index in [1.807, 2.05) is 12.2 Å². The number of aliphatic hydroxyl groups excluding tert-OH is 5. The first kappa shape index (κ1) is 68.4. The molecule has 0 radical (unpaired) electrons. The van der Waals surface area contributed by atoms with Crippen LogP contribution in [0.1, 0.15) is 258 Å². The lowest BCUT2D eigenvalue weighted by Gasteiger charge is -2.41. The molecule has 1 heterocycles. The molecule has 1 aliphatic heterocycles. The van der Waals surface area contributed by atoms with Gasteiger partial charge in [0.2, 0.25) is 5.91 Å². The molecule has 11 nitrogen and oxygen atoms in total. The number of aliphatic hydroxyl groups is 5. The molecule has 8 unspecified atom stereocenters. The number of rotatable bonds is 50. The second kappa shape index (κ2) is 50.2. The summed E-state index contributed by atoms with van der Waals surface area (Å²) >= 11 is 0. The van der Waals surface area contributed by atoms with Crippen LogP contribution in [0.2, 0.25) is 0 Å². The third kappa shape index (κ3) is 38.5. The monoisotopic (exact) mass is 1030 g/mol. The van der Waals surface area contributed by atoms with Crippen molar-refractivity contribution in [3.8, 4) is 0 Å². The molecule has 1 aliphatic rings. The molecule has 0 aliphatic carbocycles. The third-order valence-electron chi connectivity index (χ3n) is 13.9. The van der Waals surface area contributed by atoms with Crippen molar-refractivity contribution in [1.29, 1.82) is 0 Å². The molecule has 1 fully saturated rings. The molecule has 1 amide bonds. The topological polar surface area (TPSA) is 175 Å². The second-order valence-corrected chi connectivity index (χ2v) is 20.7. The maximum Gasteiger partial charge on any atom is 0.306 e. The number of unbranched alkanes of at least 4 members (excludes halogenated alkanes) is 29. The Morgan fingerprint density at radius 1 is 0.534 bits per heavy atom. The average Bonchev–Trinajstić information content (AvgIpc) is 3.39. The van der Waals surface area contributed by atoms with Gasteiger partial charge in [-0.1, -0.05) is 236 Å². The van der Waals surface area contributed by atoms with Crippen LogP contribution in [-0.2, 0) is 23.8 Å². The van der Waals surface area contributed by atoms with Crippen LogP contribution in [0.5, 0.6) is 0 Å². The molecular formula is C62H111NO10. The minimum Gasteiger partial charge on any atom is -0.454 e. The fourth-order valence-corrected chi connectivity index (χ4v) is 9.08. The Morgan fingerprint density at radius 2 is 0.945 bits per heavy atom. The van der Waals surface area contributed by atoms with Gasteiger partial charge >= 0.3 is 5.97 Å². The number of carbonyl (C=O) groups is 2. The summed E-state index contributed by atoms with van der Waals surface area (Å²) in [7, 11) is 0. The van der Waals surface area contributed by atoms with Gasteiger partial charge in [0.05, 0.1) is 25.4 Å². The van der Waals surface area contributed by atoms with Crippen LogP contribution in [0.25, 0.3) is 0 Å². The summed E-state index contributed by atoms with van der Waals surface area (Å²) in [6, 6.07) is -1.05. The number of allylic oxidation sites excluding steroid dienone is 8. The van der Waals surface area contributed by atoms with Crippen LogP contribution in [0.3, 0.4) is 0 Å². The zero-order valence-corrected chi connectivity index (χ0v) is 46.7. The van der Waals surface area contributed by atoms with E-state index in [1.165, 1.54) is 154 Å². The number of amides is 1. The predicted molar refractivity (Wildman–Crippen MR) is 301 cm³/mol. The van der Waals surface area contributed by atoms with Crippen LogP contribution < -0.4 is 5.32 Å². The van der Waals surface area contributed by atoms with E-state index in [4.69, 9.17) is 14.2 Å². The molecular weight excluding hydrogens is 919 g/mol. The molecule has 1 rings (SSSR count). The molecule has 11 heteroatoms. The number of hydrogen-bond acceptors (Lipinski definition) is 10. The van der Waals surface area contributed by atoms with Crippen LogP contribution in [-0.4, -0.2) is 99.6 Å². The number of esters is 1. The van der Waals surface area contributed by atoms with E-state index in [-0.39, 0.29) is 19.4 Å². The van der Waals surface area contributed by atoms with Crippen molar-refractivity contribution in [2.24, 2.45) is 0 Å². The summed E-state index contributed by atoms with van der Waals surface area (Å²) in [5.74, 6) is -1.27. The van der Waals surface area contributed by atoms with E-state index < -0.39 is 67.4 Å². The van der Waals surface area contributed by atoms with Gasteiger partial charge in [-0.15, -0.1) is 0 Å². The Bertz CT molecular complexity index is 1420. The molecule has 0 aromatic carbocycles. The van der Waals surface area contributed by atoms with Crippen molar-refractivity contribution in [2.45, 2.75) is 307 Å². The van der Waals surface area contributed by atoms with Gasteiger partial charge in [0, 0.05) is 12.8 Å². The molecule has 1 saturated heterocycles. The number of hydrogen-bond donors (Lipinski definition) is 6. The first-order valence-corrected chi connectivity index (χ1v) is 30.1. The van der Waals surface area contributed by atoms with E-state index in [1.54, 1.807) is 12.2 Å². The largest absolute Gasteiger partial charge is 0.454 e. The Labute approximate surface area is 446 Å².